The molecule has 2 N–H and O–H groups in total. The van der Waals surface area contributed by atoms with E-state index >= 15 is 0 Å². The van der Waals surface area contributed by atoms with Crippen LogP contribution in [0.25, 0.3) is 0 Å². The molecule has 1 aliphatic carbocycles. The lowest BCUT2D eigenvalue weighted by molar-refractivity contribution is -0.142. The van der Waals surface area contributed by atoms with Gasteiger partial charge in [0.25, 0.3) is 0 Å². The van der Waals surface area contributed by atoms with E-state index in [1.165, 1.54) is 11.9 Å². The Hall–Kier alpha value is -1.59. The normalized spacial score (nSPS) is 24.2. The van der Waals surface area contributed by atoms with Gasteiger partial charge in [-0.1, -0.05) is 13.8 Å². The summed E-state index contributed by atoms with van der Waals surface area (Å²) in [5.41, 5.74) is -0.496. The lowest BCUT2D eigenvalue weighted by atomic mass is 10.1. The average Bonchev–Trinajstić information content (AvgIpc) is 2.87. The molecule has 0 radical (unpaired) electrons. The molecule has 0 aromatic rings. The fourth-order valence-corrected chi connectivity index (χ4v) is 2.30. The van der Waals surface area contributed by atoms with Crippen molar-refractivity contribution in [1.82, 2.24) is 10.2 Å². The summed E-state index contributed by atoms with van der Waals surface area (Å²) in [7, 11) is 3.13. The van der Waals surface area contributed by atoms with Gasteiger partial charge in [-0.2, -0.15) is 0 Å². The van der Waals surface area contributed by atoms with Crippen molar-refractivity contribution >= 4 is 17.8 Å². The molecule has 1 saturated carbocycles. The van der Waals surface area contributed by atoms with Crippen molar-refractivity contribution < 1.29 is 19.5 Å². The lowest BCUT2D eigenvalue weighted by Crippen LogP contribution is -2.33. The van der Waals surface area contributed by atoms with Crippen LogP contribution in [0.1, 0.15) is 20.3 Å². The number of nitrogens with one attached hydrogen (secondary N) is 1. The van der Waals surface area contributed by atoms with Crippen LogP contribution in [-0.2, 0) is 14.4 Å². The first kappa shape index (κ1) is 14.5. The second kappa shape index (κ2) is 4.96. The molecule has 6 nitrogen and oxygen atoms in total. The maximum absolute atomic E-state index is 12.1. The summed E-state index contributed by atoms with van der Waals surface area (Å²) in [5, 5.41) is 11.5. The van der Waals surface area contributed by atoms with Crippen LogP contribution in [0.5, 0.6) is 0 Å². The minimum Gasteiger partial charge on any atom is -0.481 e. The standard InChI is InChI=1S/C12H20N2O4/c1-12(2)8(9(12)11(17)18)10(16)14(4)6-5-7(15)13-3/h8-9H,5-6H2,1-4H3,(H,13,15)(H,17,18). The highest BCUT2D eigenvalue weighted by atomic mass is 16.4. The van der Waals surface area contributed by atoms with Gasteiger partial charge in [-0.15, -0.1) is 0 Å². The molecular weight excluding hydrogens is 236 g/mol. The molecule has 2 atom stereocenters. The zero-order chi connectivity index (χ0) is 14.1. The summed E-state index contributed by atoms with van der Waals surface area (Å²) in [6.45, 7) is 3.86. The first-order chi connectivity index (χ1) is 8.23. The van der Waals surface area contributed by atoms with Gasteiger partial charge in [0.05, 0.1) is 11.8 Å². The Balaban J connectivity index is 2.56. The van der Waals surface area contributed by atoms with Crippen LogP contribution in [0.4, 0.5) is 0 Å². The van der Waals surface area contributed by atoms with Crippen LogP contribution in [0, 0.1) is 17.3 Å². The fraction of sp³-hybridized carbons (Fsp3) is 0.750. The molecule has 0 aromatic carbocycles. The van der Waals surface area contributed by atoms with Gasteiger partial charge in [-0.3, -0.25) is 14.4 Å². The van der Waals surface area contributed by atoms with Gasteiger partial charge in [0.2, 0.25) is 11.8 Å². The Morgan fingerprint density at radius 1 is 1.28 bits per heavy atom. The Morgan fingerprint density at radius 3 is 2.22 bits per heavy atom. The van der Waals surface area contributed by atoms with Crippen LogP contribution in [0.2, 0.25) is 0 Å². The van der Waals surface area contributed by atoms with Crippen LogP contribution in [0.3, 0.4) is 0 Å². The van der Waals surface area contributed by atoms with E-state index in [-0.39, 0.29) is 18.2 Å². The van der Waals surface area contributed by atoms with Gasteiger partial charge in [0.1, 0.15) is 0 Å². The first-order valence-corrected chi connectivity index (χ1v) is 5.91. The predicted molar refractivity (Wildman–Crippen MR) is 64.7 cm³/mol. The molecule has 0 aromatic heterocycles. The molecular formula is C12H20N2O4. The molecule has 0 bridgehead atoms. The van der Waals surface area contributed by atoms with E-state index in [4.69, 9.17) is 5.11 Å². The molecule has 18 heavy (non-hydrogen) atoms. The summed E-state index contributed by atoms with van der Waals surface area (Å²) < 4.78 is 0. The van der Waals surface area contributed by atoms with Crippen molar-refractivity contribution in [3.8, 4) is 0 Å². The molecule has 1 fully saturated rings. The number of hydrogen-bond donors (Lipinski definition) is 2. The van der Waals surface area contributed by atoms with E-state index in [0.29, 0.717) is 6.54 Å². The van der Waals surface area contributed by atoms with Gasteiger partial charge < -0.3 is 15.3 Å². The maximum Gasteiger partial charge on any atom is 0.307 e. The van der Waals surface area contributed by atoms with Crippen molar-refractivity contribution in [1.29, 1.82) is 0 Å². The number of rotatable bonds is 5. The van der Waals surface area contributed by atoms with Crippen molar-refractivity contribution in [2.75, 3.05) is 20.6 Å². The van der Waals surface area contributed by atoms with E-state index in [2.05, 4.69) is 5.32 Å². The van der Waals surface area contributed by atoms with E-state index in [1.54, 1.807) is 20.9 Å². The SMILES string of the molecule is CNC(=O)CCN(C)C(=O)C1C(C(=O)O)C1(C)C. The molecule has 0 aliphatic heterocycles. The van der Waals surface area contributed by atoms with Gasteiger partial charge in [-0.05, 0) is 5.41 Å². The third-order valence-electron chi connectivity index (χ3n) is 3.69. The molecule has 102 valence electrons. The third kappa shape index (κ3) is 2.63. The molecule has 1 aliphatic rings. The lowest BCUT2D eigenvalue weighted by Gasteiger charge is -2.17. The summed E-state index contributed by atoms with van der Waals surface area (Å²) in [4.78, 5) is 35.6. The Bertz CT molecular complexity index is 378. The summed E-state index contributed by atoms with van der Waals surface area (Å²) >= 11 is 0. The maximum atomic E-state index is 12.1. The van der Waals surface area contributed by atoms with Crippen LogP contribution >= 0.6 is 0 Å². The Morgan fingerprint density at radius 2 is 1.83 bits per heavy atom. The van der Waals surface area contributed by atoms with Crippen LogP contribution in [-0.4, -0.2) is 48.4 Å². The average molecular weight is 256 g/mol. The summed E-state index contributed by atoms with van der Waals surface area (Å²) in [6.07, 6.45) is 0.226. The van der Waals surface area contributed by atoms with E-state index in [9.17, 15) is 14.4 Å². The number of carboxylic acids is 1. The zero-order valence-corrected chi connectivity index (χ0v) is 11.2. The highest BCUT2D eigenvalue weighted by Gasteiger charge is 2.66. The van der Waals surface area contributed by atoms with Crippen molar-refractivity contribution in [3.05, 3.63) is 0 Å². The molecule has 0 saturated heterocycles. The van der Waals surface area contributed by atoms with E-state index in [1.807, 2.05) is 0 Å². The minimum absolute atomic E-state index is 0.139. The van der Waals surface area contributed by atoms with Gasteiger partial charge >= 0.3 is 5.97 Å². The monoisotopic (exact) mass is 256 g/mol. The molecule has 6 heteroatoms. The Labute approximate surface area is 106 Å². The number of aliphatic carboxylic acids is 1. The van der Waals surface area contributed by atoms with E-state index < -0.39 is 23.2 Å². The summed E-state index contributed by atoms with van der Waals surface area (Å²) in [6, 6.07) is 0. The minimum atomic E-state index is -0.932. The summed E-state index contributed by atoms with van der Waals surface area (Å²) in [5.74, 6) is -2.37. The zero-order valence-electron chi connectivity index (χ0n) is 11.2. The van der Waals surface area contributed by atoms with Crippen molar-refractivity contribution in [3.63, 3.8) is 0 Å². The quantitative estimate of drug-likeness (QED) is 0.721. The van der Waals surface area contributed by atoms with Gasteiger partial charge in [-0.25, -0.2) is 0 Å². The number of carbonyl (C=O) groups excluding carboxylic acids is 2. The number of nitrogens with zero attached hydrogens (tertiary/aromatic N) is 1. The Kier molecular flexibility index (Phi) is 3.98. The first-order valence-electron chi connectivity index (χ1n) is 5.91. The van der Waals surface area contributed by atoms with Crippen molar-refractivity contribution in [2.45, 2.75) is 20.3 Å². The number of amides is 2. The smallest absolute Gasteiger partial charge is 0.307 e. The molecule has 1 rings (SSSR count). The van der Waals surface area contributed by atoms with Gasteiger partial charge in [0, 0.05) is 27.1 Å². The number of hydrogen-bond acceptors (Lipinski definition) is 3. The van der Waals surface area contributed by atoms with Gasteiger partial charge in [0.15, 0.2) is 0 Å². The van der Waals surface area contributed by atoms with Crippen molar-refractivity contribution in [2.24, 2.45) is 17.3 Å². The topological polar surface area (TPSA) is 86.7 Å². The highest BCUT2D eigenvalue weighted by Crippen LogP contribution is 2.58. The van der Waals surface area contributed by atoms with E-state index in [0.717, 1.165) is 0 Å². The van der Waals surface area contributed by atoms with Crippen LogP contribution in [0.15, 0.2) is 0 Å². The third-order valence-corrected chi connectivity index (χ3v) is 3.69. The highest BCUT2D eigenvalue weighted by molar-refractivity contribution is 5.91. The fourth-order valence-electron chi connectivity index (χ4n) is 2.30. The predicted octanol–water partition coefficient (Wildman–Crippen LogP) is -0.0623. The molecule has 2 amide bonds. The largest absolute Gasteiger partial charge is 0.481 e. The molecule has 2 unspecified atom stereocenters. The number of carboxylic acid groups (broad SMARTS) is 1. The molecule has 0 heterocycles. The number of carbonyl (C=O) groups is 3. The second-order valence-electron chi connectivity index (χ2n) is 5.30. The molecule has 0 spiro atoms. The second-order valence-corrected chi connectivity index (χ2v) is 5.30. The van der Waals surface area contributed by atoms with Crippen LogP contribution < -0.4 is 5.32 Å².